The van der Waals surface area contributed by atoms with Gasteiger partial charge in [-0.2, -0.15) is 0 Å². The Kier molecular flexibility index (Phi) is 5.40. The highest BCUT2D eigenvalue weighted by Gasteiger charge is 2.36. The van der Waals surface area contributed by atoms with Gasteiger partial charge in [0.2, 0.25) is 0 Å². The minimum Gasteiger partial charge on any atom is -0.339 e. The maximum atomic E-state index is 13.2. The molecule has 2 fully saturated rings. The molecule has 3 rings (SSSR count). The summed E-state index contributed by atoms with van der Waals surface area (Å²) in [5, 5.41) is 3.36. The number of nitrogens with zero attached hydrogens (tertiary/aromatic N) is 1. The minimum atomic E-state index is -0.704. The first-order valence-corrected chi connectivity index (χ1v) is 7.54. The molecule has 1 aromatic carbocycles. The predicted molar refractivity (Wildman–Crippen MR) is 83.3 cm³/mol. The average Bonchev–Trinajstić information content (AvgIpc) is 2.47. The van der Waals surface area contributed by atoms with Crippen molar-refractivity contribution in [3.8, 4) is 0 Å². The van der Waals surface area contributed by atoms with Crippen molar-refractivity contribution < 1.29 is 13.6 Å². The van der Waals surface area contributed by atoms with Gasteiger partial charge in [-0.15, -0.1) is 12.4 Å². The lowest BCUT2D eigenvalue weighted by Crippen LogP contribution is -2.47. The van der Waals surface area contributed by atoms with Crippen molar-refractivity contribution in [1.82, 2.24) is 10.2 Å². The summed E-state index contributed by atoms with van der Waals surface area (Å²) in [6.45, 7) is 3.44. The fourth-order valence-corrected chi connectivity index (χ4v) is 3.50. The number of hydrogen-bond acceptors (Lipinski definition) is 2. The van der Waals surface area contributed by atoms with Crippen LogP contribution in [0.4, 0.5) is 8.78 Å². The maximum Gasteiger partial charge on any atom is 0.254 e. The largest absolute Gasteiger partial charge is 0.339 e. The topological polar surface area (TPSA) is 32.3 Å². The molecule has 2 aliphatic heterocycles. The average molecular weight is 331 g/mol. The van der Waals surface area contributed by atoms with E-state index < -0.39 is 11.6 Å². The van der Waals surface area contributed by atoms with E-state index in [2.05, 4.69) is 5.32 Å². The summed E-state index contributed by atoms with van der Waals surface area (Å²) in [5.41, 5.74) is 0.462. The summed E-state index contributed by atoms with van der Waals surface area (Å²) in [4.78, 5) is 14.1. The molecule has 1 N–H and O–H groups in total. The van der Waals surface area contributed by atoms with Crippen molar-refractivity contribution in [2.45, 2.75) is 25.7 Å². The minimum absolute atomic E-state index is 0. The van der Waals surface area contributed by atoms with Crippen molar-refractivity contribution in [1.29, 1.82) is 0 Å². The van der Waals surface area contributed by atoms with Crippen molar-refractivity contribution in [2.24, 2.45) is 5.41 Å². The van der Waals surface area contributed by atoms with Gasteiger partial charge in [-0.3, -0.25) is 4.79 Å². The highest BCUT2D eigenvalue weighted by Crippen LogP contribution is 2.39. The molecular weight excluding hydrogens is 310 g/mol. The third-order valence-corrected chi connectivity index (χ3v) is 4.89. The molecule has 6 heteroatoms. The third kappa shape index (κ3) is 3.58. The van der Waals surface area contributed by atoms with Crippen LogP contribution in [0.15, 0.2) is 18.2 Å². The number of piperidine rings is 2. The molecule has 122 valence electrons. The fraction of sp³-hybridized carbons (Fsp3) is 0.562. The molecule has 0 bridgehead atoms. The second-order valence-corrected chi connectivity index (χ2v) is 6.20. The maximum absolute atomic E-state index is 13.2. The highest BCUT2D eigenvalue weighted by molar-refractivity contribution is 5.94. The van der Waals surface area contributed by atoms with Crippen molar-refractivity contribution in [3.63, 3.8) is 0 Å². The lowest BCUT2D eigenvalue weighted by molar-refractivity contribution is 0.0495. The van der Waals surface area contributed by atoms with E-state index in [0.717, 1.165) is 57.0 Å². The van der Waals surface area contributed by atoms with Crippen LogP contribution in [0.3, 0.4) is 0 Å². The van der Waals surface area contributed by atoms with E-state index in [1.54, 1.807) is 4.90 Å². The van der Waals surface area contributed by atoms with Crippen LogP contribution in [0.25, 0.3) is 0 Å². The summed E-state index contributed by atoms with van der Waals surface area (Å²) in [6.07, 6.45) is 4.28. The molecule has 22 heavy (non-hydrogen) atoms. The molecular formula is C16H21ClF2N2O. The summed E-state index contributed by atoms with van der Waals surface area (Å²) < 4.78 is 26.4. The van der Waals surface area contributed by atoms with E-state index in [-0.39, 0.29) is 23.9 Å². The molecule has 3 nitrogen and oxygen atoms in total. The van der Waals surface area contributed by atoms with Crippen LogP contribution in [0.2, 0.25) is 0 Å². The first kappa shape index (κ1) is 17.2. The van der Waals surface area contributed by atoms with Gasteiger partial charge < -0.3 is 10.2 Å². The van der Waals surface area contributed by atoms with E-state index in [9.17, 15) is 13.6 Å². The zero-order valence-corrected chi connectivity index (χ0v) is 13.2. The van der Waals surface area contributed by atoms with Gasteiger partial charge in [0, 0.05) is 24.7 Å². The smallest absolute Gasteiger partial charge is 0.254 e. The lowest BCUT2D eigenvalue weighted by atomic mass is 9.71. The predicted octanol–water partition coefficient (Wildman–Crippen LogP) is 2.99. The number of halogens is 3. The number of carbonyl (C=O) groups excluding carboxylic acids is 1. The molecule has 2 saturated heterocycles. The molecule has 1 amide bonds. The van der Waals surface area contributed by atoms with Gasteiger partial charge in [0.15, 0.2) is 0 Å². The van der Waals surface area contributed by atoms with E-state index in [4.69, 9.17) is 0 Å². The Bertz CT molecular complexity index is 517. The quantitative estimate of drug-likeness (QED) is 0.858. The van der Waals surface area contributed by atoms with Gasteiger partial charge in [0.05, 0.1) is 0 Å². The molecule has 0 unspecified atom stereocenters. The zero-order chi connectivity index (χ0) is 14.9. The van der Waals surface area contributed by atoms with Crippen LogP contribution in [-0.4, -0.2) is 37.0 Å². The Morgan fingerprint density at radius 1 is 1.00 bits per heavy atom. The normalized spacial score (nSPS) is 20.5. The summed E-state index contributed by atoms with van der Waals surface area (Å²) in [5.74, 6) is -1.67. The van der Waals surface area contributed by atoms with E-state index in [0.29, 0.717) is 18.5 Å². The number of rotatable bonds is 1. The number of likely N-dealkylation sites (tertiary alicyclic amines) is 1. The Hall–Kier alpha value is -1.20. The molecule has 0 radical (unpaired) electrons. The number of amides is 1. The third-order valence-electron chi connectivity index (χ3n) is 4.89. The van der Waals surface area contributed by atoms with Gasteiger partial charge in [0.25, 0.3) is 5.91 Å². The second kappa shape index (κ2) is 6.92. The van der Waals surface area contributed by atoms with Crippen molar-refractivity contribution in [2.75, 3.05) is 26.2 Å². The highest BCUT2D eigenvalue weighted by atomic mass is 35.5. The molecule has 0 aliphatic carbocycles. The summed E-state index contributed by atoms with van der Waals surface area (Å²) in [7, 11) is 0. The molecule has 0 atom stereocenters. The van der Waals surface area contributed by atoms with E-state index in [1.807, 2.05) is 0 Å². The molecule has 0 aromatic heterocycles. The van der Waals surface area contributed by atoms with Crippen molar-refractivity contribution >= 4 is 18.3 Å². The summed E-state index contributed by atoms with van der Waals surface area (Å²) in [6, 6.07) is 3.01. The lowest BCUT2D eigenvalue weighted by Gasteiger charge is -2.44. The van der Waals surface area contributed by atoms with Gasteiger partial charge in [-0.25, -0.2) is 8.78 Å². The Labute approximate surface area is 135 Å². The number of hydrogen-bond donors (Lipinski definition) is 1. The standard InChI is InChI=1S/C16H20F2N2O.ClH/c17-13-9-12(10-14(18)11-13)15(21)20-7-3-16(4-8-20)1-5-19-6-2-16;/h9-11,19H,1-8H2;1H. The van der Waals surface area contributed by atoms with Crippen LogP contribution in [0.5, 0.6) is 0 Å². The summed E-state index contributed by atoms with van der Waals surface area (Å²) >= 11 is 0. The molecule has 1 aromatic rings. The van der Waals surface area contributed by atoms with Crippen LogP contribution < -0.4 is 5.32 Å². The molecule has 2 heterocycles. The number of carbonyl (C=O) groups is 1. The first-order chi connectivity index (χ1) is 10.1. The molecule has 1 spiro atoms. The monoisotopic (exact) mass is 330 g/mol. The Morgan fingerprint density at radius 3 is 2.09 bits per heavy atom. The van der Waals surface area contributed by atoms with Crippen LogP contribution >= 0.6 is 12.4 Å². The Morgan fingerprint density at radius 2 is 1.55 bits per heavy atom. The number of benzene rings is 1. The number of nitrogens with one attached hydrogen (secondary N) is 1. The van der Waals surface area contributed by atoms with E-state index in [1.165, 1.54) is 0 Å². The Balaban J connectivity index is 0.00000176. The van der Waals surface area contributed by atoms with Gasteiger partial charge >= 0.3 is 0 Å². The van der Waals surface area contributed by atoms with Crippen molar-refractivity contribution in [3.05, 3.63) is 35.4 Å². The van der Waals surface area contributed by atoms with Crippen LogP contribution in [0.1, 0.15) is 36.0 Å². The molecule has 2 aliphatic rings. The van der Waals surface area contributed by atoms with Crippen LogP contribution in [-0.2, 0) is 0 Å². The zero-order valence-electron chi connectivity index (χ0n) is 12.4. The SMILES string of the molecule is Cl.O=C(c1cc(F)cc(F)c1)N1CCC2(CCNCC2)CC1. The molecule has 0 saturated carbocycles. The first-order valence-electron chi connectivity index (χ1n) is 7.54. The van der Waals surface area contributed by atoms with Gasteiger partial charge in [-0.05, 0) is 56.3 Å². The van der Waals surface area contributed by atoms with E-state index >= 15 is 0 Å². The fourth-order valence-electron chi connectivity index (χ4n) is 3.50. The van der Waals surface area contributed by atoms with Gasteiger partial charge in [0.1, 0.15) is 11.6 Å². The second-order valence-electron chi connectivity index (χ2n) is 6.20. The van der Waals surface area contributed by atoms with Crippen LogP contribution in [0, 0.1) is 17.0 Å². The van der Waals surface area contributed by atoms with Gasteiger partial charge in [-0.1, -0.05) is 0 Å².